The predicted octanol–water partition coefficient (Wildman–Crippen LogP) is 3.30. The van der Waals surface area contributed by atoms with Crippen molar-refractivity contribution >= 4 is 12.0 Å². The molecule has 1 aliphatic heterocycles. The first-order valence-corrected chi connectivity index (χ1v) is 7.18. The Morgan fingerprint density at radius 3 is 2.71 bits per heavy atom. The fraction of sp³-hybridized carbons (Fsp3) is 0.294. The van der Waals surface area contributed by atoms with Gasteiger partial charge in [0.05, 0.1) is 12.0 Å². The average Bonchev–Trinajstić information content (AvgIpc) is 3.01. The molecule has 2 aromatic rings. The molecule has 1 saturated heterocycles. The summed E-state index contributed by atoms with van der Waals surface area (Å²) in [5, 5.41) is 0. The lowest BCUT2D eigenvalue weighted by Crippen LogP contribution is -2.36. The van der Waals surface area contributed by atoms with E-state index in [0.717, 1.165) is 37.3 Å². The monoisotopic (exact) mass is 282 g/mol. The van der Waals surface area contributed by atoms with E-state index in [4.69, 9.17) is 4.42 Å². The van der Waals surface area contributed by atoms with Crippen molar-refractivity contribution in [2.24, 2.45) is 0 Å². The van der Waals surface area contributed by atoms with E-state index >= 15 is 0 Å². The molecule has 1 aliphatic rings. The quantitative estimate of drug-likeness (QED) is 0.849. The van der Waals surface area contributed by atoms with Crippen LogP contribution in [-0.2, 0) is 0 Å². The molecule has 0 bridgehead atoms. The second-order valence-electron chi connectivity index (χ2n) is 5.28. The number of likely N-dealkylation sites (tertiary alicyclic amines) is 1. The van der Waals surface area contributed by atoms with Gasteiger partial charge in [0, 0.05) is 18.8 Å². The van der Waals surface area contributed by atoms with E-state index in [-0.39, 0.29) is 5.91 Å². The van der Waals surface area contributed by atoms with E-state index < -0.39 is 0 Å². The average molecular weight is 282 g/mol. The lowest BCUT2D eigenvalue weighted by atomic mass is 10.0. The van der Waals surface area contributed by atoms with Gasteiger partial charge in [-0.3, -0.25) is 9.78 Å². The van der Waals surface area contributed by atoms with Crippen LogP contribution in [-0.4, -0.2) is 28.9 Å². The molecule has 4 nitrogen and oxygen atoms in total. The first kappa shape index (κ1) is 13.6. The molecule has 0 saturated carbocycles. The fourth-order valence-corrected chi connectivity index (χ4v) is 2.55. The topological polar surface area (TPSA) is 46.3 Å². The Morgan fingerprint density at radius 2 is 2.05 bits per heavy atom. The first-order chi connectivity index (χ1) is 10.2. The molecule has 3 heterocycles. The van der Waals surface area contributed by atoms with Gasteiger partial charge in [-0.05, 0) is 50.1 Å². The first-order valence-electron chi connectivity index (χ1n) is 7.18. The molecule has 1 fully saturated rings. The Morgan fingerprint density at radius 1 is 1.24 bits per heavy atom. The zero-order valence-corrected chi connectivity index (χ0v) is 12.1. The SMILES string of the molecule is Cc1cccc(C=C2CCN(C(=O)c3ccco3)CC2)n1. The molecule has 2 aromatic heterocycles. The summed E-state index contributed by atoms with van der Waals surface area (Å²) in [6, 6.07) is 9.48. The summed E-state index contributed by atoms with van der Waals surface area (Å²) in [4.78, 5) is 18.5. The Kier molecular flexibility index (Phi) is 3.86. The molecule has 0 spiro atoms. The van der Waals surface area contributed by atoms with Gasteiger partial charge < -0.3 is 9.32 Å². The van der Waals surface area contributed by atoms with Gasteiger partial charge in [-0.25, -0.2) is 0 Å². The molecule has 1 amide bonds. The molecular weight excluding hydrogens is 264 g/mol. The highest BCUT2D eigenvalue weighted by molar-refractivity contribution is 5.91. The zero-order valence-electron chi connectivity index (χ0n) is 12.1. The molecule has 0 aliphatic carbocycles. The highest BCUT2D eigenvalue weighted by atomic mass is 16.3. The Balaban J connectivity index is 1.64. The lowest BCUT2D eigenvalue weighted by molar-refractivity contribution is 0.0712. The van der Waals surface area contributed by atoms with Crippen LogP contribution in [0.1, 0.15) is 34.8 Å². The van der Waals surface area contributed by atoms with Gasteiger partial charge in [0.25, 0.3) is 5.91 Å². The van der Waals surface area contributed by atoms with Gasteiger partial charge in [-0.1, -0.05) is 11.6 Å². The Labute approximate surface area is 124 Å². The third-order valence-corrected chi connectivity index (χ3v) is 3.69. The van der Waals surface area contributed by atoms with Gasteiger partial charge in [0.1, 0.15) is 0 Å². The molecule has 3 rings (SSSR count). The van der Waals surface area contributed by atoms with Crippen LogP contribution in [0.5, 0.6) is 0 Å². The number of hydrogen-bond acceptors (Lipinski definition) is 3. The normalized spacial score (nSPS) is 15.1. The van der Waals surface area contributed by atoms with Crippen LogP contribution in [0.15, 0.2) is 46.6 Å². The van der Waals surface area contributed by atoms with Crippen LogP contribution < -0.4 is 0 Å². The highest BCUT2D eigenvalue weighted by Gasteiger charge is 2.21. The molecule has 4 heteroatoms. The van der Waals surface area contributed by atoms with E-state index in [2.05, 4.69) is 11.1 Å². The maximum Gasteiger partial charge on any atom is 0.289 e. The van der Waals surface area contributed by atoms with E-state index in [0.29, 0.717) is 5.76 Å². The maximum atomic E-state index is 12.2. The van der Waals surface area contributed by atoms with Crippen LogP contribution >= 0.6 is 0 Å². The summed E-state index contributed by atoms with van der Waals surface area (Å²) in [5.74, 6) is 0.399. The van der Waals surface area contributed by atoms with E-state index in [1.807, 2.05) is 30.0 Å². The second kappa shape index (κ2) is 5.95. The number of nitrogens with zero attached hydrogens (tertiary/aromatic N) is 2. The number of carbonyl (C=O) groups excluding carboxylic acids is 1. The highest BCUT2D eigenvalue weighted by Crippen LogP contribution is 2.20. The number of aryl methyl sites for hydroxylation is 1. The molecule has 0 N–H and O–H groups in total. The molecule has 108 valence electrons. The number of rotatable bonds is 2. The van der Waals surface area contributed by atoms with Gasteiger partial charge in [-0.2, -0.15) is 0 Å². The van der Waals surface area contributed by atoms with Gasteiger partial charge >= 0.3 is 0 Å². The van der Waals surface area contributed by atoms with Crippen molar-refractivity contribution in [3.05, 3.63) is 59.3 Å². The zero-order chi connectivity index (χ0) is 14.7. The summed E-state index contributed by atoms with van der Waals surface area (Å²) in [5.41, 5.74) is 3.36. The molecule has 0 unspecified atom stereocenters. The van der Waals surface area contributed by atoms with Crippen molar-refractivity contribution in [2.75, 3.05) is 13.1 Å². The largest absolute Gasteiger partial charge is 0.459 e. The van der Waals surface area contributed by atoms with Crippen molar-refractivity contribution in [1.82, 2.24) is 9.88 Å². The maximum absolute atomic E-state index is 12.2. The minimum Gasteiger partial charge on any atom is -0.459 e. The summed E-state index contributed by atoms with van der Waals surface area (Å²) >= 11 is 0. The molecule has 0 aromatic carbocycles. The number of aromatic nitrogens is 1. The Bertz CT molecular complexity index is 649. The van der Waals surface area contributed by atoms with Crippen LogP contribution in [0.25, 0.3) is 6.08 Å². The number of carbonyl (C=O) groups is 1. The van der Waals surface area contributed by atoms with E-state index in [1.165, 1.54) is 11.8 Å². The third kappa shape index (κ3) is 3.21. The fourth-order valence-electron chi connectivity index (χ4n) is 2.55. The molecule has 0 radical (unpaired) electrons. The smallest absolute Gasteiger partial charge is 0.289 e. The van der Waals surface area contributed by atoms with E-state index in [1.54, 1.807) is 12.1 Å². The minimum atomic E-state index is -0.0206. The van der Waals surface area contributed by atoms with Crippen molar-refractivity contribution in [2.45, 2.75) is 19.8 Å². The van der Waals surface area contributed by atoms with Gasteiger partial charge in [0.2, 0.25) is 0 Å². The Hall–Kier alpha value is -2.36. The third-order valence-electron chi connectivity index (χ3n) is 3.69. The number of amides is 1. The number of piperidine rings is 1. The van der Waals surface area contributed by atoms with E-state index in [9.17, 15) is 4.79 Å². The number of furan rings is 1. The van der Waals surface area contributed by atoms with Crippen LogP contribution in [0.2, 0.25) is 0 Å². The summed E-state index contributed by atoms with van der Waals surface area (Å²) in [7, 11) is 0. The van der Waals surface area contributed by atoms with Crippen molar-refractivity contribution in [3.8, 4) is 0 Å². The van der Waals surface area contributed by atoms with Crippen LogP contribution in [0.3, 0.4) is 0 Å². The predicted molar refractivity (Wildman–Crippen MR) is 80.8 cm³/mol. The van der Waals surface area contributed by atoms with Crippen molar-refractivity contribution in [3.63, 3.8) is 0 Å². The summed E-state index contributed by atoms with van der Waals surface area (Å²) < 4.78 is 5.17. The minimum absolute atomic E-state index is 0.0206. The van der Waals surface area contributed by atoms with Crippen LogP contribution in [0, 0.1) is 6.92 Å². The number of hydrogen-bond donors (Lipinski definition) is 0. The van der Waals surface area contributed by atoms with Gasteiger partial charge in [0.15, 0.2) is 5.76 Å². The molecule has 0 atom stereocenters. The van der Waals surface area contributed by atoms with Crippen LogP contribution in [0.4, 0.5) is 0 Å². The summed E-state index contributed by atoms with van der Waals surface area (Å²) in [6.07, 6.45) is 5.46. The van der Waals surface area contributed by atoms with Gasteiger partial charge in [-0.15, -0.1) is 0 Å². The number of pyridine rings is 1. The summed E-state index contributed by atoms with van der Waals surface area (Å²) in [6.45, 7) is 3.46. The van der Waals surface area contributed by atoms with Crippen molar-refractivity contribution < 1.29 is 9.21 Å². The lowest BCUT2D eigenvalue weighted by Gasteiger charge is -2.27. The molecule has 21 heavy (non-hydrogen) atoms. The standard InChI is InChI=1S/C17H18N2O2/c1-13-4-2-5-15(18-13)12-14-7-9-19(10-8-14)17(20)16-6-3-11-21-16/h2-6,11-12H,7-10H2,1H3. The molecular formula is C17H18N2O2. The van der Waals surface area contributed by atoms with Crippen molar-refractivity contribution in [1.29, 1.82) is 0 Å². The second-order valence-corrected chi connectivity index (χ2v) is 5.28.